The maximum absolute atomic E-state index is 12.3. The molecule has 0 N–H and O–H groups in total. The van der Waals surface area contributed by atoms with Gasteiger partial charge in [-0.25, -0.2) is 4.79 Å². The molecule has 0 bridgehead atoms. The average Bonchev–Trinajstić information content (AvgIpc) is 2.82. The van der Waals surface area contributed by atoms with E-state index in [1.807, 2.05) is 0 Å². The van der Waals surface area contributed by atoms with Crippen LogP contribution in [0.25, 0.3) is 11.1 Å². The molecule has 1 aliphatic rings. The number of hydrogen-bond donors (Lipinski definition) is 0. The fourth-order valence-electron chi connectivity index (χ4n) is 2.65. The Balaban J connectivity index is 1.73. The Labute approximate surface area is 126 Å². The molecule has 0 saturated carbocycles. The number of fused-ring (bicyclic) bond motifs is 1. The van der Waals surface area contributed by atoms with Crippen LogP contribution in [-0.4, -0.2) is 52.9 Å². The molecule has 1 fully saturated rings. The van der Waals surface area contributed by atoms with Crippen LogP contribution in [0.2, 0.25) is 0 Å². The molecule has 2 heterocycles. The summed E-state index contributed by atoms with van der Waals surface area (Å²) >= 11 is 0. The zero-order valence-corrected chi connectivity index (χ0v) is 12.3. The van der Waals surface area contributed by atoms with E-state index < -0.39 is 5.76 Å². The fourth-order valence-corrected chi connectivity index (χ4v) is 2.65. The van der Waals surface area contributed by atoms with E-state index in [1.54, 1.807) is 35.0 Å². The van der Waals surface area contributed by atoms with Gasteiger partial charge < -0.3 is 14.2 Å². The maximum atomic E-state index is 12.3. The van der Waals surface area contributed by atoms with Gasteiger partial charge in [-0.2, -0.15) is 0 Å². The third-order valence-corrected chi connectivity index (χ3v) is 4.03. The highest BCUT2D eigenvalue weighted by molar-refractivity contribution is 5.81. The Bertz CT molecular complexity index is 769. The summed E-state index contributed by atoms with van der Waals surface area (Å²) in [7, 11) is 1.64. The van der Waals surface area contributed by atoms with Crippen molar-refractivity contribution in [3.8, 4) is 0 Å². The van der Waals surface area contributed by atoms with Crippen LogP contribution in [0.4, 0.5) is 0 Å². The lowest BCUT2D eigenvalue weighted by Gasteiger charge is -2.32. The Kier molecular flexibility index (Phi) is 3.70. The maximum Gasteiger partial charge on any atom is 0.419 e. The highest BCUT2D eigenvalue weighted by Crippen LogP contribution is 2.15. The number of amides is 2. The third-order valence-electron chi connectivity index (χ3n) is 4.03. The molecule has 0 radical (unpaired) electrons. The van der Waals surface area contributed by atoms with E-state index in [2.05, 4.69) is 0 Å². The van der Waals surface area contributed by atoms with Crippen LogP contribution in [0.15, 0.2) is 27.4 Å². The smallest absolute Gasteiger partial charge is 0.408 e. The Morgan fingerprint density at radius 1 is 1.27 bits per heavy atom. The molecular formula is C15H17N3O4. The van der Waals surface area contributed by atoms with Crippen LogP contribution in [-0.2, 0) is 23.1 Å². The number of oxazole rings is 1. The molecule has 0 spiro atoms. The summed E-state index contributed by atoms with van der Waals surface area (Å²) in [4.78, 5) is 37.9. The van der Waals surface area contributed by atoms with E-state index in [-0.39, 0.29) is 12.3 Å². The zero-order chi connectivity index (χ0) is 15.7. The summed E-state index contributed by atoms with van der Waals surface area (Å²) in [5, 5.41) is 0. The monoisotopic (exact) mass is 303 g/mol. The van der Waals surface area contributed by atoms with Crippen LogP contribution >= 0.6 is 0 Å². The van der Waals surface area contributed by atoms with Crippen LogP contribution in [0.5, 0.6) is 0 Å². The molecule has 7 heteroatoms. The van der Waals surface area contributed by atoms with Gasteiger partial charge in [0.25, 0.3) is 0 Å². The van der Waals surface area contributed by atoms with E-state index >= 15 is 0 Å². The molecule has 0 atom stereocenters. The van der Waals surface area contributed by atoms with E-state index in [4.69, 9.17) is 4.42 Å². The molecule has 1 aliphatic heterocycles. The molecule has 7 nitrogen and oxygen atoms in total. The van der Waals surface area contributed by atoms with Crippen LogP contribution in [0, 0.1) is 0 Å². The topological polar surface area (TPSA) is 75.8 Å². The van der Waals surface area contributed by atoms with Gasteiger partial charge in [0.15, 0.2) is 5.58 Å². The van der Waals surface area contributed by atoms with Gasteiger partial charge in [0.1, 0.15) is 0 Å². The van der Waals surface area contributed by atoms with Gasteiger partial charge in [0.05, 0.1) is 11.9 Å². The highest BCUT2D eigenvalue weighted by Gasteiger charge is 2.20. The van der Waals surface area contributed by atoms with E-state index in [9.17, 15) is 14.4 Å². The number of aromatic nitrogens is 1. The van der Waals surface area contributed by atoms with Gasteiger partial charge >= 0.3 is 5.76 Å². The van der Waals surface area contributed by atoms with Crippen LogP contribution < -0.4 is 5.76 Å². The van der Waals surface area contributed by atoms with Gasteiger partial charge in [-0.05, 0) is 17.7 Å². The minimum atomic E-state index is -0.413. The van der Waals surface area contributed by atoms with Crippen LogP contribution in [0.1, 0.15) is 5.56 Å². The lowest BCUT2D eigenvalue weighted by molar-refractivity contribution is -0.134. The number of carbonyl (C=O) groups excluding carboxylic acids is 2. The number of nitrogens with zero attached hydrogens (tertiary/aromatic N) is 3. The van der Waals surface area contributed by atoms with Crippen molar-refractivity contribution in [1.82, 2.24) is 14.4 Å². The van der Waals surface area contributed by atoms with Crippen molar-refractivity contribution in [2.24, 2.45) is 7.05 Å². The second-order valence-electron chi connectivity index (χ2n) is 5.43. The zero-order valence-electron chi connectivity index (χ0n) is 12.3. The number of carbonyl (C=O) groups is 2. The predicted octanol–water partition coefficient (Wildman–Crippen LogP) is -0.0254. The van der Waals surface area contributed by atoms with Crippen molar-refractivity contribution in [3.63, 3.8) is 0 Å². The average molecular weight is 303 g/mol. The summed E-state index contributed by atoms with van der Waals surface area (Å²) in [5.41, 5.74) is 2.04. The van der Waals surface area contributed by atoms with Gasteiger partial charge in [-0.1, -0.05) is 6.07 Å². The molecule has 1 saturated heterocycles. The standard InChI is InChI=1S/C15H17N3O4/c1-16-12-8-11(2-3-13(12)22-15(16)21)9-14(20)18-6-4-17(10-19)5-7-18/h2-3,8,10H,4-7,9H2,1H3. The number of hydrogen-bond acceptors (Lipinski definition) is 4. The predicted molar refractivity (Wildman–Crippen MR) is 79.4 cm³/mol. The summed E-state index contributed by atoms with van der Waals surface area (Å²) in [6, 6.07) is 5.31. The Hall–Kier alpha value is -2.57. The lowest BCUT2D eigenvalue weighted by Crippen LogP contribution is -2.48. The Morgan fingerprint density at radius 2 is 2.00 bits per heavy atom. The molecule has 0 aliphatic carbocycles. The first-order chi connectivity index (χ1) is 10.6. The van der Waals surface area contributed by atoms with Crippen molar-refractivity contribution in [1.29, 1.82) is 0 Å². The van der Waals surface area contributed by atoms with E-state index in [1.165, 1.54) is 4.57 Å². The summed E-state index contributed by atoms with van der Waals surface area (Å²) in [5.74, 6) is -0.387. The minimum Gasteiger partial charge on any atom is -0.408 e. The van der Waals surface area contributed by atoms with Crippen molar-refractivity contribution in [3.05, 3.63) is 34.3 Å². The first kappa shape index (κ1) is 14.4. The van der Waals surface area contributed by atoms with Gasteiger partial charge in [0, 0.05) is 33.2 Å². The third kappa shape index (κ3) is 2.61. The summed E-state index contributed by atoms with van der Waals surface area (Å²) in [6.45, 7) is 2.27. The molecule has 116 valence electrons. The molecule has 22 heavy (non-hydrogen) atoms. The molecule has 1 aromatic carbocycles. The molecule has 1 aromatic heterocycles. The first-order valence-electron chi connectivity index (χ1n) is 7.14. The number of rotatable bonds is 3. The molecule has 3 rings (SSSR count). The van der Waals surface area contributed by atoms with E-state index in [0.717, 1.165) is 12.0 Å². The van der Waals surface area contributed by atoms with Crippen molar-refractivity contribution in [2.45, 2.75) is 6.42 Å². The van der Waals surface area contributed by atoms with Gasteiger partial charge in [-0.15, -0.1) is 0 Å². The van der Waals surface area contributed by atoms with Gasteiger partial charge in [0.2, 0.25) is 12.3 Å². The molecule has 2 amide bonds. The van der Waals surface area contributed by atoms with Crippen molar-refractivity contribution < 1.29 is 14.0 Å². The van der Waals surface area contributed by atoms with Gasteiger partial charge in [-0.3, -0.25) is 14.2 Å². The minimum absolute atomic E-state index is 0.0263. The highest BCUT2D eigenvalue weighted by atomic mass is 16.4. The first-order valence-corrected chi connectivity index (χ1v) is 7.14. The van der Waals surface area contributed by atoms with Crippen molar-refractivity contribution >= 4 is 23.4 Å². The summed E-state index contributed by atoms with van der Waals surface area (Å²) < 4.78 is 6.50. The largest absolute Gasteiger partial charge is 0.419 e. The molecular weight excluding hydrogens is 286 g/mol. The number of piperazine rings is 1. The number of benzene rings is 1. The second-order valence-corrected chi connectivity index (χ2v) is 5.43. The Morgan fingerprint density at radius 3 is 2.68 bits per heavy atom. The fraction of sp³-hybridized carbons (Fsp3) is 0.400. The quantitative estimate of drug-likeness (QED) is 0.747. The second kappa shape index (κ2) is 5.67. The summed E-state index contributed by atoms with van der Waals surface area (Å²) in [6.07, 6.45) is 1.09. The molecule has 0 unspecified atom stereocenters. The van der Waals surface area contributed by atoms with Crippen molar-refractivity contribution in [2.75, 3.05) is 26.2 Å². The molecule has 2 aromatic rings. The lowest BCUT2D eigenvalue weighted by atomic mass is 10.1. The van der Waals surface area contributed by atoms with Crippen LogP contribution in [0.3, 0.4) is 0 Å². The van der Waals surface area contributed by atoms with E-state index in [0.29, 0.717) is 37.3 Å². The normalized spacial score (nSPS) is 15.3. The number of aryl methyl sites for hydroxylation is 1. The SMILES string of the molecule is Cn1c(=O)oc2ccc(CC(=O)N3CCN(C=O)CC3)cc21.